The molecule has 0 aliphatic heterocycles. The van der Waals surface area contributed by atoms with Crippen LogP contribution < -0.4 is 5.73 Å². The van der Waals surface area contributed by atoms with Crippen LogP contribution in [0.15, 0.2) is 24.5 Å². The van der Waals surface area contributed by atoms with Gasteiger partial charge in [0.25, 0.3) is 0 Å². The average molecular weight is 247 g/mol. The van der Waals surface area contributed by atoms with E-state index in [0.717, 1.165) is 5.56 Å². The lowest BCUT2D eigenvalue weighted by molar-refractivity contribution is 0.0691. The van der Waals surface area contributed by atoms with Gasteiger partial charge in [-0.25, -0.2) is 9.48 Å². The molecule has 0 aromatic carbocycles. The van der Waals surface area contributed by atoms with E-state index in [4.69, 9.17) is 10.8 Å². The fraction of sp³-hybridized carbons (Fsp3) is 0.273. The summed E-state index contributed by atoms with van der Waals surface area (Å²) >= 11 is 0. The van der Waals surface area contributed by atoms with Crippen molar-refractivity contribution in [3.63, 3.8) is 0 Å². The standard InChI is InChI=1S/C11H13N5O2/c12-4-1-7-16-10(8-2-5-13-6-3-8)9(11(17)18)14-15-16/h2-3,5-6H,1,4,7,12H2,(H,17,18). The highest BCUT2D eigenvalue weighted by atomic mass is 16.4. The Morgan fingerprint density at radius 2 is 2.11 bits per heavy atom. The van der Waals surface area contributed by atoms with Crippen LogP contribution in [0, 0.1) is 0 Å². The zero-order chi connectivity index (χ0) is 13.0. The molecule has 3 N–H and O–H groups in total. The SMILES string of the molecule is NCCCn1nnc(C(=O)O)c1-c1ccncc1. The third kappa shape index (κ3) is 2.35. The van der Waals surface area contributed by atoms with Crippen molar-refractivity contribution in [2.45, 2.75) is 13.0 Å². The van der Waals surface area contributed by atoms with Gasteiger partial charge in [0, 0.05) is 24.5 Å². The van der Waals surface area contributed by atoms with Crippen LogP contribution in [0.3, 0.4) is 0 Å². The molecule has 2 aromatic heterocycles. The van der Waals surface area contributed by atoms with Gasteiger partial charge in [-0.3, -0.25) is 4.98 Å². The second kappa shape index (κ2) is 5.37. The highest BCUT2D eigenvalue weighted by molar-refractivity contribution is 5.92. The summed E-state index contributed by atoms with van der Waals surface area (Å²) in [5.41, 5.74) is 6.60. The van der Waals surface area contributed by atoms with Crippen molar-refractivity contribution in [2.24, 2.45) is 5.73 Å². The Labute approximate surface area is 103 Å². The Hall–Kier alpha value is -2.28. The zero-order valence-electron chi connectivity index (χ0n) is 9.65. The number of pyridine rings is 1. The first-order chi connectivity index (χ1) is 8.74. The van der Waals surface area contributed by atoms with E-state index >= 15 is 0 Å². The van der Waals surface area contributed by atoms with Crippen molar-refractivity contribution >= 4 is 5.97 Å². The van der Waals surface area contributed by atoms with Crippen molar-refractivity contribution in [3.05, 3.63) is 30.2 Å². The van der Waals surface area contributed by atoms with Crippen LogP contribution in [-0.2, 0) is 6.54 Å². The molecule has 2 aromatic rings. The van der Waals surface area contributed by atoms with Gasteiger partial charge in [0.15, 0.2) is 5.69 Å². The number of nitrogens with two attached hydrogens (primary N) is 1. The van der Waals surface area contributed by atoms with Crippen LogP contribution in [0.2, 0.25) is 0 Å². The van der Waals surface area contributed by atoms with E-state index < -0.39 is 5.97 Å². The molecule has 0 saturated carbocycles. The lowest BCUT2D eigenvalue weighted by atomic mass is 10.1. The number of aryl methyl sites for hydroxylation is 1. The average Bonchev–Trinajstić information content (AvgIpc) is 2.81. The molecule has 0 saturated heterocycles. The number of hydrogen-bond donors (Lipinski definition) is 2. The van der Waals surface area contributed by atoms with Gasteiger partial charge >= 0.3 is 5.97 Å². The second-order valence-corrected chi connectivity index (χ2v) is 3.69. The number of carboxylic acid groups (broad SMARTS) is 1. The first kappa shape index (κ1) is 12.2. The molecule has 18 heavy (non-hydrogen) atoms. The van der Waals surface area contributed by atoms with E-state index in [1.54, 1.807) is 29.2 Å². The summed E-state index contributed by atoms with van der Waals surface area (Å²) in [5, 5.41) is 16.7. The summed E-state index contributed by atoms with van der Waals surface area (Å²) in [6.45, 7) is 1.05. The van der Waals surface area contributed by atoms with Gasteiger partial charge in [-0.05, 0) is 25.1 Å². The Bertz CT molecular complexity index is 538. The largest absolute Gasteiger partial charge is 0.476 e. The molecule has 0 amide bonds. The molecule has 0 aliphatic carbocycles. The first-order valence-electron chi connectivity index (χ1n) is 5.51. The maximum Gasteiger partial charge on any atom is 0.358 e. The maximum atomic E-state index is 11.1. The molecule has 0 aliphatic rings. The molecule has 0 atom stereocenters. The number of hydrogen-bond acceptors (Lipinski definition) is 5. The van der Waals surface area contributed by atoms with E-state index in [-0.39, 0.29) is 5.69 Å². The smallest absolute Gasteiger partial charge is 0.358 e. The molecule has 2 rings (SSSR count). The highest BCUT2D eigenvalue weighted by Crippen LogP contribution is 2.21. The zero-order valence-corrected chi connectivity index (χ0v) is 9.65. The molecule has 0 spiro atoms. The molecular formula is C11H13N5O2. The van der Waals surface area contributed by atoms with Crippen molar-refractivity contribution in [3.8, 4) is 11.3 Å². The van der Waals surface area contributed by atoms with Gasteiger partial charge in [-0.2, -0.15) is 0 Å². The highest BCUT2D eigenvalue weighted by Gasteiger charge is 2.19. The van der Waals surface area contributed by atoms with Crippen LogP contribution in [0.1, 0.15) is 16.9 Å². The van der Waals surface area contributed by atoms with Crippen LogP contribution in [0.5, 0.6) is 0 Å². The van der Waals surface area contributed by atoms with Crippen LogP contribution in [0.4, 0.5) is 0 Å². The molecule has 0 unspecified atom stereocenters. The molecule has 7 nitrogen and oxygen atoms in total. The number of carboxylic acids is 1. The summed E-state index contributed by atoms with van der Waals surface area (Å²) in [6.07, 6.45) is 3.91. The predicted octanol–water partition coefficient (Wildman–Crippen LogP) is 0.387. The molecular weight excluding hydrogens is 234 g/mol. The van der Waals surface area contributed by atoms with Crippen molar-refractivity contribution in [1.82, 2.24) is 20.0 Å². The minimum absolute atomic E-state index is 0.0572. The van der Waals surface area contributed by atoms with Crippen LogP contribution >= 0.6 is 0 Å². The van der Waals surface area contributed by atoms with E-state index in [0.29, 0.717) is 25.2 Å². The quantitative estimate of drug-likeness (QED) is 0.791. The number of rotatable bonds is 5. The molecule has 0 fully saturated rings. The predicted molar refractivity (Wildman–Crippen MR) is 63.9 cm³/mol. The van der Waals surface area contributed by atoms with Gasteiger partial charge in [-0.15, -0.1) is 5.10 Å². The summed E-state index contributed by atoms with van der Waals surface area (Å²) in [5.74, 6) is -1.10. The van der Waals surface area contributed by atoms with Gasteiger partial charge in [0.05, 0.1) is 0 Å². The minimum Gasteiger partial charge on any atom is -0.476 e. The summed E-state index contributed by atoms with van der Waals surface area (Å²) < 4.78 is 1.56. The van der Waals surface area contributed by atoms with Crippen LogP contribution in [0.25, 0.3) is 11.3 Å². The van der Waals surface area contributed by atoms with Gasteiger partial charge in [-0.1, -0.05) is 5.21 Å². The number of aromatic nitrogens is 4. The Morgan fingerprint density at radius 1 is 1.39 bits per heavy atom. The Balaban J connectivity index is 2.47. The van der Waals surface area contributed by atoms with Gasteiger partial charge in [0.1, 0.15) is 5.69 Å². The number of carbonyl (C=O) groups is 1. The van der Waals surface area contributed by atoms with Crippen molar-refractivity contribution in [1.29, 1.82) is 0 Å². The maximum absolute atomic E-state index is 11.1. The molecule has 2 heterocycles. The van der Waals surface area contributed by atoms with E-state index in [1.807, 2.05) is 0 Å². The molecule has 94 valence electrons. The Morgan fingerprint density at radius 3 is 2.72 bits per heavy atom. The Kier molecular flexibility index (Phi) is 3.63. The number of aromatic carboxylic acids is 1. The summed E-state index contributed by atoms with van der Waals surface area (Å²) in [7, 11) is 0. The van der Waals surface area contributed by atoms with Crippen LogP contribution in [-0.4, -0.2) is 37.6 Å². The molecule has 0 bridgehead atoms. The summed E-state index contributed by atoms with van der Waals surface area (Å²) in [4.78, 5) is 15.0. The van der Waals surface area contributed by atoms with Crippen molar-refractivity contribution < 1.29 is 9.90 Å². The lowest BCUT2D eigenvalue weighted by Crippen LogP contribution is -2.09. The minimum atomic E-state index is -1.10. The third-order valence-electron chi connectivity index (χ3n) is 2.47. The third-order valence-corrected chi connectivity index (χ3v) is 2.47. The molecule has 0 radical (unpaired) electrons. The fourth-order valence-electron chi connectivity index (χ4n) is 1.65. The van der Waals surface area contributed by atoms with E-state index in [2.05, 4.69) is 15.3 Å². The van der Waals surface area contributed by atoms with E-state index in [1.165, 1.54) is 0 Å². The normalized spacial score (nSPS) is 10.5. The second-order valence-electron chi connectivity index (χ2n) is 3.69. The van der Waals surface area contributed by atoms with Gasteiger partial charge < -0.3 is 10.8 Å². The monoisotopic (exact) mass is 247 g/mol. The first-order valence-corrected chi connectivity index (χ1v) is 5.51. The topological polar surface area (TPSA) is 107 Å². The molecule has 7 heteroatoms. The number of nitrogens with zero attached hydrogens (tertiary/aromatic N) is 4. The van der Waals surface area contributed by atoms with Crippen molar-refractivity contribution in [2.75, 3.05) is 6.54 Å². The lowest BCUT2D eigenvalue weighted by Gasteiger charge is -2.06. The fourth-order valence-corrected chi connectivity index (χ4v) is 1.65. The van der Waals surface area contributed by atoms with Gasteiger partial charge in [0.2, 0.25) is 0 Å². The van der Waals surface area contributed by atoms with E-state index in [9.17, 15) is 4.79 Å². The summed E-state index contributed by atoms with van der Waals surface area (Å²) in [6, 6.07) is 3.45.